The molecule has 0 aliphatic carbocycles. The van der Waals surface area contributed by atoms with Crippen LogP contribution in [0.3, 0.4) is 0 Å². The third-order valence-electron chi connectivity index (χ3n) is 4.01. The number of Topliss-reactive ketones (excluding diaryl/α,β-unsaturated/α-hetero) is 1. The van der Waals surface area contributed by atoms with Gasteiger partial charge in [0.15, 0.2) is 11.5 Å². The van der Waals surface area contributed by atoms with Crippen molar-refractivity contribution in [2.45, 2.75) is 12.6 Å². The van der Waals surface area contributed by atoms with Gasteiger partial charge < -0.3 is 18.8 Å². The number of thiophene rings is 1. The fourth-order valence-electron chi connectivity index (χ4n) is 2.90. The normalized spacial score (nSPS) is 17.5. The fraction of sp³-hybridized carbons (Fsp3) is 0.111. The number of amides is 1. The minimum absolute atomic E-state index is 0.0222. The molecule has 0 fully saturated rings. The molecule has 126 valence electrons. The van der Waals surface area contributed by atoms with Crippen molar-refractivity contribution >= 4 is 23.0 Å². The molecule has 0 saturated heterocycles. The highest BCUT2D eigenvalue weighted by Crippen LogP contribution is 2.41. The SMILES string of the molecule is O=C(C1=C(O)C(=O)N(Cc2ccco2)C1c1cccs1)c1ccco1. The maximum absolute atomic E-state index is 12.8. The van der Waals surface area contributed by atoms with Gasteiger partial charge in [-0.05, 0) is 35.7 Å². The molecule has 3 aromatic heterocycles. The highest BCUT2D eigenvalue weighted by Gasteiger charge is 2.45. The molecule has 1 unspecified atom stereocenters. The van der Waals surface area contributed by atoms with Crippen molar-refractivity contribution in [1.29, 1.82) is 0 Å². The van der Waals surface area contributed by atoms with Gasteiger partial charge in [0.2, 0.25) is 5.78 Å². The van der Waals surface area contributed by atoms with Crippen LogP contribution < -0.4 is 0 Å². The van der Waals surface area contributed by atoms with Crippen molar-refractivity contribution in [3.8, 4) is 0 Å². The monoisotopic (exact) mass is 355 g/mol. The summed E-state index contributed by atoms with van der Waals surface area (Å²) in [6.07, 6.45) is 2.89. The molecular formula is C18H13NO5S. The number of aliphatic hydroxyl groups is 1. The summed E-state index contributed by atoms with van der Waals surface area (Å²) >= 11 is 1.41. The quantitative estimate of drug-likeness (QED) is 0.705. The Kier molecular flexibility index (Phi) is 3.77. The van der Waals surface area contributed by atoms with Crippen LogP contribution in [0.4, 0.5) is 0 Å². The molecule has 6 nitrogen and oxygen atoms in total. The van der Waals surface area contributed by atoms with Gasteiger partial charge in [0, 0.05) is 4.88 Å². The Bertz CT molecular complexity index is 922. The molecule has 0 radical (unpaired) electrons. The van der Waals surface area contributed by atoms with E-state index in [-0.39, 0.29) is 17.9 Å². The zero-order valence-corrected chi connectivity index (χ0v) is 13.7. The molecular weight excluding hydrogens is 342 g/mol. The van der Waals surface area contributed by atoms with Crippen LogP contribution in [0.1, 0.15) is 27.2 Å². The predicted molar refractivity (Wildman–Crippen MR) is 89.0 cm³/mol. The molecule has 1 aliphatic heterocycles. The Morgan fingerprint density at radius 3 is 2.60 bits per heavy atom. The Balaban J connectivity index is 1.78. The van der Waals surface area contributed by atoms with E-state index >= 15 is 0 Å². The van der Waals surface area contributed by atoms with Gasteiger partial charge in [-0.2, -0.15) is 0 Å². The second kappa shape index (κ2) is 6.10. The van der Waals surface area contributed by atoms with E-state index in [0.717, 1.165) is 4.88 Å². The molecule has 0 aromatic carbocycles. The molecule has 1 amide bonds. The van der Waals surface area contributed by atoms with E-state index in [1.807, 2.05) is 17.5 Å². The van der Waals surface area contributed by atoms with Crippen molar-refractivity contribution in [3.05, 3.63) is 82.0 Å². The molecule has 0 spiro atoms. The number of hydrogen-bond donors (Lipinski definition) is 1. The van der Waals surface area contributed by atoms with E-state index in [9.17, 15) is 14.7 Å². The Labute approximate surface area is 146 Å². The summed E-state index contributed by atoms with van der Waals surface area (Å²) in [5, 5.41) is 12.3. The number of hydrogen-bond acceptors (Lipinski definition) is 6. The topological polar surface area (TPSA) is 83.9 Å². The highest BCUT2D eigenvalue weighted by molar-refractivity contribution is 7.10. The lowest BCUT2D eigenvalue weighted by molar-refractivity contribution is -0.130. The first-order chi connectivity index (χ1) is 12.2. The van der Waals surface area contributed by atoms with Crippen LogP contribution in [0, 0.1) is 0 Å². The van der Waals surface area contributed by atoms with Crippen LogP contribution in [-0.2, 0) is 11.3 Å². The van der Waals surface area contributed by atoms with Gasteiger partial charge in [0.1, 0.15) is 11.8 Å². The molecule has 4 rings (SSSR count). The fourth-order valence-corrected chi connectivity index (χ4v) is 3.75. The Hall–Kier alpha value is -3.06. The Morgan fingerprint density at radius 2 is 1.96 bits per heavy atom. The zero-order chi connectivity index (χ0) is 17.4. The molecule has 7 heteroatoms. The van der Waals surface area contributed by atoms with E-state index in [0.29, 0.717) is 5.76 Å². The maximum atomic E-state index is 12.8. The molecule has 1 N–H and O–H groups in total. The summed E-state index contributed by atoms with van der Waals surface area (Å²) in [4.78, 5) is 27.6. The summed E-state index contributed by atoms with van der Waals surface area (Å²) in [5.41, 5.74) is 0.0222. The molecule has 0 bridgehead atoms. The molecule has 3 aromatic rings. The van der Waals surface area contributed by atoms with Crippen LogP contribution >= 0.6 is 11.3 Å². The highest BCUT2D eigenvalue weighted by atomic mass is 32.1. The molecule has 1 atom stereocenters. The zero-order valence-electron chi connectivity index (χ0n) is 12.9. The smallest absolute Gasteiger partial charge is 0.290 e. The maximum Gasteiger partial charge on any atom is 0.290 e. The van der Waals surface area contributed by atoms with Gasteiger partial charge in [-0.15, -0.1) is 11.3 Å². The van der Waals surface area contributed by atoms with Crippen LogP contribution in [0.25, 0.3) is 0 Å². The third-order valence-corrected chi connectivity index (χ3v) is 4.94. The number of furan rings is 2. The van der Waals surface area contributed by atoms with Gasteiger partial charge in [-0.3, -0.25) is 9.59 Å². The van der Waals surface area contributed by atoms with Crippen LogP contribution in [0.5, 0.6) is 0 Å². The number of carbonyl (C=O) groups is 2. The van der Waals surface area contributed by atoms with Gasteiger partial charge in [-0.1, -0.05) is 6.07 Å². The van der Waals surface area contributed by atoms with Crippen molar-refractivity contribution in [3.63, 3.8) is 0 Å². The van der Waals surface area contributed by atoms with Crippen molar-refractivity contribution in [1.82, 2.24) is 4.90 Å². The van der Waals surface area contributed by atoms with Crippen molar-refractivity contribution in [2.24, 2.45) is 0 Å². The number of aliphatic hydroxyl groups excluding tert-OH is 1. The number of carbonyl (C=O) groups excluding carboxylic acids is 2. The van der Waals surface area contributed by atoms with Crippen LogP contribution in [-0.4, -0.2) is 21.7 Å². The van der Waals surface area contributed by atoms with Gasteiger partial charge in [0.25, 0.3) is 5.91 Å². The molecule has 0 saturated carbocycles. The van der Waals surface area contributed by atoms with E-state index in [1.54, 1.807) is 18.2 Å². The lowest BCUT2D eigenvalue weighted by atomic mass is 10.0. The van der Waals surface area contributed by atoms with E-state index < -0.39 is 23.5 Å². The number of nitrogens with zero attached hydrogens (tertiary/aromatic N) is 1. The van der Waals surface area contributed by atoms with Gasteiger partial charge in [-0.25, -0.2) is 0 Å². The van der Waals surface area contributed by atoms with Crippen LogP contribution in [0.2, 0.25) is 0 Å². The second-order valence-corrected chi connectivity index (χ2v) is 6.48. The lowest BCUT2D eigenvalue weighted by Gasteiger charge is -2.24. The van der Waals surface area contributed by atoms with Crippen molar-refractivity contribution < 1.29 is 23.5 Å². The summed E-state index contributed by atoms with van der Waals surface area (Å²) in [7, 11) is 0. The first kappa shape index (κ1) is 15.5. The predicted octanol–water partition coefficient (Wildman–Crippen LogP) is 3.71. The number of rotatable bonds is 5. The first-order valence-electron chi connectivity index (χ1n) is 7.55. The number of ketones is 1. The molecule has 25 heavy (non-hydrogen) atoms. The minimum Gasteiger partial charge on any atom is -0.503 e. The van der Waals surface area contributed by atoms with Gasteiger partial charge in [0.05, 0.1) is 24.6 Å². The summed E-state index contributed by atoms with van der Waals surface area (Å²) in [6, 6.07) is 9.53. The van der Waals surface area contributed by atoms with Crippen molar-refractivity contribution in [2.75, 3.05) is 0 Å². The van der Waals surface area contributed by atoms with E-state index in [4.69, 9.17) is 8.83 Å². The molecule has 1 aliphatic rings. The van der Waals surface area contributed by atoms with E-state index in [1.165, 1.54) is 34.8 Å². The standard InChI is InChI=1S/C18H13NO5S/c20-16(12-5-2-8-24-12)14-15(13-6-3-9-25-13)19(18(22)17(14)21)10-11-4-1-7-23-11/h1-9,15,21H,10H2. The van der Waals surface area contributed by atoms with Crippen LogP contribution in [0.15, 0.2) is 74.5 Å². The first-order valence-corrected chi connectivity index (χ1v) is 8.43. The summed E-state index contributed by atoms with van der Waals surface area (Å²) in [6.45, 7) is 0.146. The summed E-state index contributed by atoms with van der Waals surface area (Å²) < 4.78 is 10.5. The third kappa shape index (κ3) is 2.58. The Morgan fingerprint density at radius 1 is 1.16 bits per heavy atom. The second-order valence-electron chi connectivity index (χ2n) is 5.50. The molecule has 4 heterocycles. The largest absolute Gasteiger partial charge is 0.503 e. The van der Waals surface area contributed by atoms with Gasteiger partial charge >= 0.3 is 0 Å². The lowest BCUT2D eigenvalue weighted by Crippen LogP contribution is -2.30. The average Bonchev–Trinajstić information content (AvgIpc) is 3.39. The van der Waals surface area contributed by atoms with E-state index in [2.05, 4.69) is 0 Å². The average molecular weight is 355 g/mol. The minimum atomic E-state index is -0.685. The summed E-state index contributed by atoms with van der Waals surface area (Å²) in [5.74, 6) is -1.02.